The molecule has 0 aliphatic carbocycles. The zero-order valence-corrected chi connectivity index (χ0v) is 9.59. The molecular formula is C10H13BrO2. The van der Waals surface area contributed by atoms with Crippen molar-refractivity contribution >= 4 is 21.7 Å². The second-order valence-electron chi connectivity index (χ2n) is 3.50. The molecule has 1 aromatic rings. The fourth-order valence-corrected chi connectivity index (χ4v) is 1.28. The Morgan fingerprint density at radius 1 is 1.38 bits per heavy atom. The van der Waals surface area contributed by atoms with Crippen LogP contribution in [-0.4, -0.2) is 5.78 Å². The molecule has 0 aliphatic rings. The summed E-state index contributed by atoms with van der Waals surface area (Å²) in [5.41, 5.74) is 0. The van der Waals surface area contributed by atoms with Gasteiger partial charge in [-0.15, -0.1) is 0 Å². The zero-order chi connectivity index (χ0) is 10.0. The number of carbonyl (C=O) groups is 1. The van der Waals surface area contributed by atoms with Gasteiger partial charge >= 0.3 is 0 Å². The van der Waals surface area contributed by atoms with Crippen molar-refractivity contribution < 1.29 is 9.21 Å². The molecule has 1 heterocycles. The molecule has 0 N–H and O–H groups in total. The van der Waals surface area contributed by atoms with Crippen molar-refractivity contribution in [3.63, 3.8) is 0 Å². The summed E-state index contributed by atoms with van der Waals surface area (Å²) in [7, 11) is 0. The van der Waals surface area contributed by atoms with Crippen molar-refractivity contribution in [2.24, 2.45) is 11.8 Å². The van der Waals surface area contributed by atoms with Crippen LogP contribution in [0.2, 0.25) is 0 Å². The van der Waals surface area contributed by atoms with Gasteiger partial charge < -0.3 is 4.42 Å². The Morgan fingerprint density at radius 2 is 2.00 bits per heavy atom. The number of rotatable bonds is 3. The van der Waals surface area contributed by atoms with E-state index in [2.05, 4.69) is 15.9 Å². The molecule has 0 amide bonds. The molecule has 0 fully saturated rings. The van der Waals surface area contributed by atoms with E-state index in [1.807, 2.05) is 20.8 Å². The predicted molar refractivity (Wildman–Crippen MR) is 54.7 cm³/mol. The quantitative estimate of drug-likeness (QED) is 0.762. The van der Waals surface area contributed by atoms with Gasteiger partial charge in [0, 0.05) is 5.92 Å². The molecule has 1 unspecified atom stereocenters. The van der Waals surface area contributed by atoms with Gasteiger partial charge in [-0.25, -0.2) is 0 Å². The zero-order valence-electron chi connectivity index (χ0n) is 8.00. The Morgan fingerprint density at radius 3 is 2.38 bits per heavy atom. The lowest BCUT2D eigenvalue weighted by Crippen LogP contribution is -2.16. The van der Waals surface area contributed by atoms with Gasteiger partial charge in [0.25, 0.3) is 0 Å². The fourth-order valence-electron chi connectivity index (χ4n) is 0.974. The maximum atomic E-state index is 11.7. The molecule has 1 aromatic heterocycles. The smallest absolute Gasteiger partial charge is 0.201 e. The van der Waals surface area contributed by atoms with Gasteiger partial charge in [-0.05, 0) is 34.0 Å². The fraction of sp³-hybridized carbons (Fsp3) is 0.500. The minimum atomic E-state index is 0.0121. The van der Waals surface area contributed by atoms with Gasteiger partial charge in [-0.2, -0.15) is 0 Å². The molecule has 0 aromatic carbocycles. The van der Waals surface area contributed by atoms with E-state index < -0.39 is 0 Å². The summed E-state index contributed by atoms with van der Waals surface area (Å²) in [5, 5.41) is 0. The first-order chi connectivity index (χ1) is 6.02. The van der Waals surface area contributed by atoms with Gasteiger partial charge in [0.1, 0.15) is 0 Å². The summed E-state index contributed by atoms with van der Waals surface area (Å²) in [6.07, 6.45) is 0. The normalized spacial score (nSPS) is 13.3. The number of ketones is 1. The predicted octanol–water partition coefficient (Wildman–Crippen LogP) is 3.52. The van der Waals surface area contributed by atoms with Crippen LogP contribution in [0.4, 0.5) is 0 Å². The average molecular weight is 245 g/mol. The van der Waals surface area contributed by atoms with E-state index in [0.29, 0.717) is 16.3 Å². The van der Waals surface area contributed by atoms with E-state index in [0.717, 1.165) is 0 Å². The van der Waals surface area contributed by atoms with Gasteiger partial charge in [0.15, 0.2) is 10.4 Å². The minimum Gasteiger partial charge on any atom is -0.446 e. The second-order valence-corrected chi connectivity index (χ2v) is 4.28. The van der Waals surface area contributed by atoms with Crippen molar-refractivity contribution in [3.8, 4) is 0 Å². The molecule has 13 heavy (non-hydrogen) atoms. The van der Waals surface area contributed by atoms with Crippen molar-refractivity contribution in [1.82, 2.24) is 0 Å². The highest BCUT2D eigenvalue weighted by Gasteiger charge is 2.20. The van der Waals surface area contributed by atoms with Gasteiger partial charge in [0.2, 0.25) is 5.78 Å². The summed E-state index contributed by atoms with van der Waals surface area (Å²) in [6.45, 7) is 5.98. The van der Waals surface area contributed by atoms with Gasteiger partial charge in [0.05, 0.1) is 0 Å². The number of halogens is 1. The molecule has 2 nitrogen and oxygen atoms in total. The van der Waals surface area contributed by atoms with Crippen LogP contribution in [0.1, 0.15) is 31.3 Å². The standard InChI is InChI=1S/C10H13BrO2/c1-6(2)7(3)10(12)8-4-5-9(11)13-8/h4-7H,1-3H3. The highest BCUT2D eigenvalue weighted by molar-refractivity contribution is 9.10. The molecule has 0 saturated carbocycles. The Bertz CT molecular complexity index is 302. The number of hydrogen-bond donors (Lipinski definition) is 0. The van der Waals surface area contributed by atoms with E-state index in [1.54, 1.807) is 12.1 Å². The second kappa shape index (κ2) is 4.09. The third-order valence-corrected chi connectivity index (χ3v) is 2.66. The van der Waals surface area contributed by atoms with Crippen LogP contribution < -0.4 is 0 Å². The van der Waals surface area contributed by atoms with E-state index in [-0.39, 0.29) is 11.7 Å². The molecule has 0 radical (unpaired) electrons. The molecule has 72 valence electrons. The number of carbonyl (C=O) groups excluding carboxylic acids is 1. The summed E-state index contributed by atoms with van der Waals surface area (Å²) in [4.78, 5) is 11.7. The molecule has 0 bridgehead atoms. The maximum Gasteiger partial charge on any atom is 0.201 e. The Labute approximate surface area is 86.4 Å². The Hall–Kier alpha value is -0.570. The van der Waals surface area contributed by atoms with Gasteiger partial charge in [-0.1, -0.05) is 20.8 Å². The topological polar surface area (TPSA) is 30.2 Å². The molecule has 0 spiro atoms. The summed E-state index contributed by atoms with van der Waals surface area (Å²) >= 11 is 3.17. The third-order valence-electron chi connectivity index (χ3n) is 2.23. The summed E-state index contributed by atoms with van der Waals surface area (Å²) in [5.74, 6) is 0.864. The van der Waals surface area contributed by atoms with Crippen LogP contribution >= 0.6 is 15.9 Å². The lowest BCUT2D eigenvalue weighted by molar-refractivity contribution is 0.0869. The molecule has 3 heteroatoms. The van der Waals surface area contributed by atoms with Crippen molar-refractivity contribution in [1.29, 1.82) is 0 Å². The average Bonchev–Trinajstić information content (AvgIpc) is 2.49. The van der Waals surface area contributed by atoms with Crippen molar-refractivity contribution in [2.45, 2.75) is 20.8 Å². The van der Waals surface area contributed by atoms with Gasteiger partial charge in [-0.3, -0.25) is 4.79 Å². The van der Waals surface area contributed by atoms with Crippen LogP contribution in [0.15, 0.2) is 21.2 Å². The highest BCUT2D eigenvalue weighted by atomic mass is 79.9. The first kappa shape index (κ1) is 10.5. The van der Waals surface area contributed by atoms with Crippen LogP contribution in [0.5, 0.6) is 0 Å². The Kier molecular flexibility index (Phi) is 3.31. The van der Waals surface area contributed by atoms with Crippen LogP contribution in [-0.2, 0) is 0 Å². The molecular weight excluding hydrogens is 232 g/mol. The monoisotopic (exact) mass is 244 g/mol. The SMILES string of the molecule is CC(C)C(C)C(=O)c1ccc(Br)o1. The lowest BCUT2D eigenvalue weighted by Gasteiger charge is -2.11. The first-order valence-electron chi connectivity index (χ1n) is 4.32. The Balaban J connectivity index is 2.79. The van der Waals surface area contributed by atoms with Crippen LogP contribution in [0.3, 0.4) is 0 Å². The lowest BCUT2D eigenvalue weighted by atomic mass is 9.92. The number of furan rings is 1. The van der Waals surface area contributed by atoms with E-state index in [4.69, 9.17) is 4.42 Å². The van der Waals surface area contributed by atoms with Crippen molar-refractivity contribution in [2.75, 3.05) is 0 Å². The molecule has 1 atom stereocenters. The van der Waals surface area contributed by atoms with E-state index >= 15 is 0 Å². The largest absolute Gasteiger partial charge is 0.446 e. The first-order valence-corrected chi connectivity index (χ1v) is 5.11. The summed E-state index contributed by atoms with van der Waals surface area (Å²) in [6, 6.07) is 3.44. The third kappa shape index (κ3) is 2.44. The highest BCUT2D eigenvalue weighted by Crippen LogP contribution is 2.20. The van der Waals surface area contributed by atoms with E-state index in [1.165, 1.54) is 0 Å². The number of Topliss-reactive ketones (excluding diaryl/α,β-unsaturated/α-hetero) is 1. The summed E-state index contributed by atoms with van der Waals surface area (Å²) < 4.78 is 5.79. The molecule has 0 aliphatic heterocycles. The maximum absolute atomic E-state index is 11.7. The van der Waals surface area contributed by atoms with E-state index in [9.17, 15) is 4.79 Å². The minimum absolute atomic E-state index is 0.0121. The molecule has 0 saturated heterocycles. The van der Waals surface area contributed by atoms with Crippen molar-refractivity contribution in [3.05, 3.63) is 22.6 Å². The van der Waals surface area contributed by atoms with Crippen LogP contribution in [0, 0.1) is 11.8 Å². The number of hydrogen-bond acceptors (Lipinski definition) is 2. The van der Waals surface area contributed by atoms with Crippen LogP contribution in [0.25, 0.3) is 0 Å². The molecule has 1 rings (SSSR count).